The van der Waals surface area contributed by atoms with Crippen LogP contribution in [0, 0.1) is 0 Å². The van der Waals surface area contributed by atoms with Gasteiger partial charge in [0.2, 0.25) is 5.91 Å². The molecule has 0 radical (unpaired) electrons. The number of hydrogen-bond donors (Lipinski definition) is 3. The van der Waals surface area contributed by atoms with E-state index in [1.807, 2.05) is 12.1 Å². The van der Waals surface area contributed by atoms with Gasteiger partial charge in [-0.25, -0.2) is 10.4 Å². The Kier molecular flexibility index (Phi) is 3.46. The number of H-pyrrole nitrogens is 1. The van der Waals surface area contributed by atoms with E-state index in [0.29, 0.717) is 17.8 Å². The fourth-order valence-electron chi connectivity index (χ4n) is 1.98. The van der Waals surface area contributed by atoms with Crippen LogP contribution >= 0.6 is 0 Å². The fourth-order valence-corrected chi connectivity index (χ4v) is 1.98. The van der Waals surface area contributed by atoms with E-state index in [1.54, 1.807) is 24.5 Å². The summed E-state index contributed by atoms with van der Waals surface area (Å²) in [5.41, 5.74) is 4.22. The first-order valence-corrected chi connectivity index (χ1v) is 6.49. The topological polar surface area (TPSA) is 99.2 Å². The molecule has 0 atom stereocenters. The van der Waals surface area contributed by atoms with Gasteiger partial charge in [-0.05, 0) is 24.3 Å². The number of nitrogens with zero attached hydrogens (tertiary/aromatic N) is 2. The summed E-state index contributed by atoms with van der Waals surface area (Å²) in [6.45, 7) is 0. The number of hydrazone groups is 1. The Bertz CT molecular complexity index is 689. The first-order valence-electron chi connectivity index (χ1n) is 6.49. The van der Waals surface area contributed by atoms with Crippen molar-refractivity contribution in [2.75, 3.05) is 5.32 Å². The Morgan fingerprint density at radius 3 is 2.62 bits per heavy atom. The molecule has 0 unspecified atom stereocenters. The Morgan fingerprint density at radius 1 is 1.19 bits per heavy atom. The van der Waals surface area contributed by atoms with Crippen molar-refractivity contribution in [3.05, 3.63) is 36.7 Å². The number of aromatic amines is 1. The lowest BCUT2D eigenvalue weighted by molar-refractivity contribution is -0.121. The number of nitrogens with one attached hydrogen (secondary N) is 3. The van der Waals surface area contributed by atoms with Gasteiger partial charge in [0, 0.05) is 36.5 Å². The van der Waals surface area contributed by atoms with Gasteiger partial charge < -0.3 is 10.3 Å². The minimum atomic E-state index is -0.305. The molecule has 7 heteroatoms. The molecule has 1 aliphatic rings. The minimum absolute atomic E-state index is 0.172. The van der Waals surface area contributed by atoms with Gasteiger partial charge in [0.25, 0.3) is 5.91 Å². The van der Waals surface area contributed by atoms with Crippen molar-refractivity contribution in [2.45, 2.75) is 12.8 Å². The second-order valence-electron chi connectivity index (χ2n) is 4.56. The van der Waals surface area contributed by atoms with E-state index < -0.39 is 0 Å². The molecule has 21 heavy (non-hydrogen) atoms. The lowest BCUT2D eigenvalue weighted by Gasteiger charge is -2.12. The highest BCUT2D eigenvalue weighted by Gasteiger charge is 2.18. The van der Waals surface area contributed by atoms with Crippen molar-refractivity contribution in [3.63, 3.8) is 0 Å². The summed E-state index contributed by atoms with van der Waals surface area (Å²) in [7, 11) is 0. The first kappa shape index (κ1) is 13.0. The quantitative estimate of drug-likeness (QED) is 0.791. The molecule has 1 aromatic heterocycles. The van der Waals surface area contributed by atoms with Crippen LogP contribution in [0.1, 0.15) is 12.8 Å². The van der Waals surface area contributed by atoms with Crippen molar-refractivity contribution in [3.8, 4) is 11.4 Å². The van der Waals surface area contributed by atoms with Crippen LogP contribution in [-0.4, -0.2) is 27.5 Å². The van der Waals surface area contributed by atoms with Gasteiger partial charge in [-0.2, -0.15) is 5.10 Å². The standard InChI is InChI=1S/C14H13N5O2/c20-12-6-5-11(18-19-12)14(21)17-10-3-1-9(2-4-10)13-15-7-8-16-13/h1-4,7-8H,5-6H2,(H,15,16)(H,17,21)(H,19,20). The molecule has 1 aliphatic heterocycles. The minimum Gasteiger partial charge on any atom is -0.345 e. The SMILES string of the molecule is O=C1CCC(C(=O)Nc2ccc(-c3ncc[nH]3)cc2)=NN1. The highest BCUT2D eigenvalue weighted by molar-refractivity contribution is 6.43. The van der Waals surface area contributed by atoms with Gasteiger partial charge in [0.05, 0.1) is 0 Å². The molecule has 0 spiro atoms. The maximum atomic E-state index is 12.0. The number of imidazole rings is 1. The van der Waals surface area contributed by atoms with Gasteiger partial charge in [-0.3, -0.25) is 9.59 Å². The molecule has 7 nitrogen and oxygen atoms in total. The normalized spacial score (nSPS) is 14.3. The monoisotopic (exact) mass is 283 g/mol. The highest BCUT2D eigenvalue weighted by Crippen LogP contribution is 2.17. The van der Waals surface area contributed by atoms with Gasteiger partial charge in [0.15, 0.2) is 0 Å². The molecule has 1 aromatic carbocycles. The molecule has 2 aromatic rings. The van der Waals surface area contributed by atoms with E-state index in [9.17, 15) is 9.59 Å². The Morgan fingerprint density at radius 2 is 2.00 bits per heavy atom. The van der Waals surface area contributed by atoms with E-state index >= 15 is 0 Å². The summed E-state index contributed by atoms with van der Waals surface area (Å²) in [6, 6.07) is 7.30. The van der Waals surface area contributed by atoms with E-state index in [2.05, 4.69) is 25.8 Å². The van der Waals surface area contributed by atoms with Crippen molar-refractivity contribution in [1.29, 1.82) is 0 Å². The first-order chi connectivity index (χ1) is 10.2. The largest absolute Gasteiger partial charge is 0.345 e. The zero-order chi connectivity index (χ0) is 14.7. The summed E-state index contributed by atoms with van der Waals surface area (Å²) in [5, 5.41) is 6.50. The average Bonchev–Trinajstić information content (AvgIpc) is 3.03. The zero-order valence-electron chi connectivity index (χ0n) is 11.1. The number of rotatable bonds is 3. The Labute approximate surface area is 120 Å². The molecule has 3 rings (SSSR count). The predicted molar refractivity (Wildman–Crippen MR) is 77.5 cm³/mol. The summed E-state index contributed by atoms with van der Waals surface area (Å²) in [5.74, 6) is 0.294. The van der Waals surface area contributed by atoms with Gasteiger partial charge in [0.1, 0.15) is 11.5 Å². The van der Waals surface area contributed by atoms with Gasteiger partial charge in [-0.1, -0.05) is 0 Å². The van der Waals surface area contributed by atoms with E-state index in [-0.39, 0.29) is 18.2 Å². The lowest BCUT2D eigenvalue weighted by atomic mass is 10.1. The molecule has 3 N–H and O–H groups in total. The van der Waals surface area contributed by atoms with Crippen LogP contribution in [-0.2, 0) is 9.59 Å². The highest BCUT2D eigenvalue weighted by atomic mass is 16.2. The average molecular weight is 283 g/mol. The van der Waals surface area contributed by atoms with Gasteiger partial charge in [-0.15, -0.1) is 0 Å². The maximum Gasteiger partial charge on any atom is 0.271 e. The molecule has 0 saturated heterocycles. The molecule has 2 amide bonds. The number of amides is 2. The van der Waals surface area contributed by atoms with Crippen LogP contribution in [0.5, 0.6) is 0 Å². The maximum absolute atomic E-state index is 12.0. The van der Waals surface area contributed by atoms with Crippen LogP contribution in [0.15, 0.2) is 41.8 Å². The third-order valence-electron chi connectivity index (χ3n) is 3.08. The molecule has 0 aliphatic carbocycles. The molecular formula is C14H13N5O2. The number of anilines is 1. The van der Waals surface area contributed by atoms with E-state index in [4.69, 9.17) is 0 Å². The van der Waals surface area contributed by atoms with Crippen molar-refractivity contribution in [2.24, 2.45) is 5.10 Å². The number of benzene rings is 1. The fraction of sp³-hybridized carbons (Fsp3) is 0.143. The Balaban J connectivity index is 1.68. The van der Waals surface area contributed by atoms with Crippen LogP contribution in [0.25, 0.3) is 11.4 Å². The summed E-state index contributed by atoms with van der Waals surface area (Å²) < 4.78 is 0. The van der Waals surface area contributed by atoms with Crippen molar-refractivity contribution < 1.29 is 9.59 Å². The summed E-state index contributed by atoms with van der Waals surface area (Å²) >= 11 is 0. The third-order valence-corrected chi connectivity index (χ3v) is 3.08. The molecular weight excluding hydrogens is 270 g/mol. The zero-order valence-corrected chi connectivity index (χ0v) is 11.1. The van der Waals surface area contributed by atoms with E-state index in [1.165, 1.54) is 0 Å². The second-order valence-corrected chi connectivity index (χ2v) is 4.56. The molecule has 106 valence electrons. The third kappa shape index (κ3) is 2.97. The summed E-state index contributed by atoms with van der Waals surface area (Å²) in [4.78, 5) is 30.1. The van der Waals surface area contributed by atoms with Crippen LogP contribution in [0.4, 0.5) is 5.69 Å². The Hall–Kier alpha value is -2.96. The summed E-state index contributed by atoms with van der Waals surface area (Å²) in [6.07, 6.45) is 4.06. The van der Waals surface area contributed by atoms with E-state index in [0.717, 1.165) is 11.4 Å². The smallest absolute Gasteiger partial charge is 0.271 e. The molecule has 0 fully saturated rings. The number of aromatic nitrogens is 2. The number of carbonyl (C=O) groups excluding carboxylic acids is 2. The van der Waals surface area contributed by atoms with Gasteiger partial charge >= 0.3 is 0 Å². The number of carbonyl (C=O) groups is 2. The second kappa shape index (κ2) is 5.58. The molecule has 2 heterocycles. The van der Waals surface area contributed by atoms with Crippen LogP contribution in [0.3, 0.4) is 0 Å². The predicted octanol–water partition coefficient (Wildman–Crippen LogP) is 1.28. The van der Waals surface area contributed by atoms with Crippen LogP contribution < -0.4 is 10.7 Å². The molecule has 0 bridgehead atoms. The van der Waals surface area contributed by atoms with Crippen LogP contribution in [0.2, 0.25) is 0 Å². The van der Waals surface area contributed by atoms with Crippen molar-refractivity contribution in [1.82, 2.24) is 15.4 Å². The van der Waals surface area contributed by atoms with Crippen molar-refractivity contribution >= 4 is 23.2 Å². The lowest BCUT2D eigenvalue weighted by Crippen LogP contribution is -2.32. The number of hydrogen-bond acceptors (Lipinski definition) is 4. The molecule has 0 saturated carbocycles.